The maximum atomic E-state index is 14.1. The van der Waals surface area contributed by atoms with Crippen molar-refractivity contribution in [1.82, 2.24) is 9.80 Å². The van der Waals surface area contributed by atoms with E-state index in [1.165, 1.54) is 18.4 Å². The van der Waals surface area contributed by atoms with E-state index in [1.54, 1.807) is 0 Å². The normalized spacial score (nSPS) is 19.5. The van der Waals surface area contributed by atoms with Crippen LogP contribution < -0.4 is 0 Å². The Kier molecular flexibility index (Phi) is 5.86. The predicted octanol–water partition coefficient (Wildman–Crippen LogP) is 4.74. The van der Waals surface area contributed by atoms with Crippen molar-refractivity contribution < 1.29 is 4.79 Å². The summed E-state index contributed by atoms with van der Waals surface area (Å²) in [7, 11) is 0. The minimum absolute atomic E-state index is 0.208. The molecule has 3 nitrogen and oxygen atoms in total. The highest BCUT2D eigenvalue weighted by Crippen LogP contribution is 2.32. The first-order chi connectivity index (χ1) is 15.3. The molecule has 3 heteroatoms. The molecule has 3 aromatic rings. The molecule has 0 N–H and O–H groups in total. The molecule has 158 valence electrons. The van der Waals surface area contributed by atoms with Crippen molar-refractivity contribution in [2.45, 2.75) is 37.3 Å². The van der Waals surface area contributed by atoms with Crippen molar-refractivity contribution in [1.29, 1.82) is 0 Å². The number of piperazine rings is 1. The number of rotatable bonds is 6. The fraction of sp³-hybridized carbons (Fsp3) is 0.321. The SMILES string of the molecule is O=C(C(c1ccccc1)c1ccccc1)N1CCN(C2CC2)CC1Cc1ccccc1. The maximum absolute atomic E-state index is 14.1. The Balaban J connectivity index is 1.46. The minimum atomic E-state index is -0.256. The first-order valence-corrected chi connectivity index (χ1v) is 11.5. The fourth-order valence-corrected chi connectivity index (χ4v) is 4.94. The summed E-state index contributed by atoms with van der Waals surface area (Å²) in [6.45, 7) is 2.77. The number of nitrogens with zero attached hydrogens (tertiary/aromatic N) is 2. The second kappa shape index (κ2) is 9.07. The van der Waals surface area contributed by atoms with Gasteiger partial charge in [-0.1, -0.05) is 91.0 Å². The maximum Gasteiger partial charge on any atom is 0.234 e. The lowest BCUT2D eigenvalue weighted by atomic mass is 9.88. The fourth-order valence-electron chi connectivity index (χ4n) is 4.94. The summed E-state index contributed by atoms with van der Waals surface area (Å²) in [5.74, 6) is -0.0260. The zero-order chi connectivity index (χ0) is 21.0. The van der Waals surface area contributed by atoms with Crippen LogP contribution in [0.15, 0.2) is 91.0 Å². The summed E-state index contributed by atoms with van der Waals surface area (Å²) in [5, 5.41) is 0. The van der Waals surface area contributed by atoms with Gasteiger partial charge in [0, 0.05) is 31.7 Å². The Morgan fingerprint density at radius 1 is 0.774 bits per heavy atom. The molecule has 1 heterocycles. The molecule has 0 radical (unpaired) electrons. The first-order valence-electron chi connectivity index (χ1n) is 11.5. The molecule has 0 bridgehead atoms. The first kappa shape index (κ1) is 20.0. The third-order valence-electron chi connectivity index (χ3n) is 6.69. The van der Waals surface area contributed by atoms with Gasteiger partial charge in [0.1, 0.15) is 0 Å². The van der Waals surface area contributed by atoms with Gasteiger partial charge in [0.25, 0.3) is 0 Å². The molecule has 1 saturated heterocycles. The van der Waals surface area contributed by atoms with Crippen molar-refractivity contribution in [2.24, 2.45) is 0 Å². The summed E-state index contributed by atoms with van der Waals surface area (Å²) < 4.78 is 0. The van der Waals surface area contributed by atoms with Crippen molar-refractivity contribution in [3.8, 4) is 0 Å². The van der Waals surface area contributed by atoms with Gasteiger partial charge in [0.15, 0.2) is 0 Å². The van der Waals surface area contributed by atoms with Crippen LogP contribution in [0.1, 0.15) is 35.4 Å². The largest absolute Gasteiger partial charge is 0.336 e. The van der Waals surface area contributed by atoms with E-state index in [2.05, 4.69) is 64.4 Å². The molecular formula is C28H30N2O. The van der Waals surface area contributed by atoms with Crippen LogP contribution in [0.4, 0.5) is 0 Å². The molecule has 1 aliphatic heterocycles. The monoisotopic (exact) mass is 410 g/mol. The highest BCUT2D eigenvalue weighted by atomic mass is 16.2. The lowest BCUT2D eigenvalue weighted by Gasteiger charge is -2.43. The number of hydrogen-bond donors (Lipinski definition) is 0. The Hall–Kier alpha value is -2.91. The van der Waals surface area contributed by atoms with Gasteiger partial charge < -0.3 is 4.90 Å². The Morgan fingerprint density at radius 3 is 1.87 bits per heavy atom. The molecule has 1 amide bonds. The third kappa shape index (κ3) is 4.57. The molecule has 2 fully saturated rings. The summed E-state index contributed by atoms with van der Waals surface area (Å²) in [4.78, 5) is 18.9. The molecule has 0 aromatic heterocycles. The lowest BCUT2D eigenvalue weighted by Crippen LogP contribution is -2.57. The predicted molar refractivity (Wildman–Crippen MR) is 125 cm³/mol. The van der Waals surface area contributed by atoms with Crippen LogP contribution in [0.3, 0.4) is 0 Å². The van der Waals surface area contributed by atoms with Crippen LogP contribution in [0.2, 0.25) is 0 Å². The molecule has 1 unspecified atom stereocenters. The van der Waals surface area contributed by atoms with E-state index in [4.69, 9.17) is 0 Å². The summed E-state index contributed by atoms with van der Waals surface area (Å²) in [5.41, 5.74) is 3.45. The quantitative estimate of drug-likeness (QED) is 0.586. The lowest BCUT2D eigenvalue weighted by molar-refractivity contribution is -0.137. The van der Waals surface area contributed by atoms with Gasteiger partial charge in [0.2, 0.25) is 5.91 Å². The molecule has 3 aromatic carbocycles. The third-order valence-corrected chi connectivity index (χ3v) is 6.69. The van der Waals surface area contributed by atoms with E-state index in [-0.39, 0.29) is 17.9 Å². The van der Waals surface area contributed by atoms with Crippen LogP contribution in [0.5, 0.6) is 0 Å². The van der Waals surface area contributed by atoms with Gasteiger partial charge in [-0.15, -0.1) is 0 Å². The molecule has 31 heavy (non-hydrogen) atoms. The molecule has 0 spiro atoms. The summed E-state index contributed by atoms with van der Waals surface area (Å²) >= 11 is 0. The topological polar surface area (TPSA) is 23.6 Å². The molecule has 5 rings (SSSR count). The smallest absolute Gasteiger partial charge is 0.234 e. The van der Waals surface area contributed by atoms with E-state index in [9.17, 15) is 4.79 Å². The van der Waals surface area contributed by atoms with E-state index in [1.807, 2.05) is 36.4 Å². The zero-order valence-corrected chi connectivity index (χ0v) is 17.9. The van der Waals surface area contributed by atoms with E-state index in [0.29, 0.717) is 0 Å². The zero-order valence-electron chi connectivity index (χ0n) is 17.9. The second-order valence-electron chi connectivity index (χ2n) is 8.86. The van der Waals surface area contributed by atoms with E-state index >= 15 is 0 Å². The molecule has 1 aliphatic carbocycles. The van der Waals surface area contributed by atoms with Crippen molar-refractivity contribution in [3.63, 3.8) is 0 Å². The Labute approximate surface area is 185 Å². The van der Waals surface area contributed by atoms with E-state index in [0.717, 1.165) is 43.2 Å². The van der Waals surface area contributed by atoms with Crippen LogP contribution in [0.25, 0.3) is 0 Å². The van der Waals surface area contributed by atoms with Gasteiger partial charge in [-0.3, -0.25) is 9.69 Å². The van der Waals surface area contributed by atoms with E-state index < -0.39 is 0 Å². The van der Waals surface area contributed by atoms with Crippen molar-refractivity contribution >= 4 is 5.91 Å². The molecular weight excluding hydrogens is 380 g/mol. The minimum Gasteiger partial charge on any atom is -0.336 e. The van der Waals surface area contributed by atoms with Crippen molar-refractivity contribution in [2.75, 3.05) is 19.6 Å². The number of carbonyl (C=O) groups excluding carboxylic acids is 1. The average Bonchev–Trinajstić information content (AvgIpc) is 3.67. The number of benzene rings is 3. The van der Waals surface area contributed by atoms with Gasteiger partial charge in [0.05, 0.1) is 5.92 Å². The summed E-state index contributed by atoms with van der Waals surface area (Å²) in [6, 6.07) is 32.1. The number of hydrogen-bond acceptors (Lipinski definition) is 2. The standard InChI is InChI=1S/C28H30N2O/c31-28(27(23-12-6-2-7-13-23)24-14-8-3-9-15-24)30-19-18-29(25-16-17-25)21-26(30)20-22-10-4-1-5-11-22/h1-15,25-27H,16-21H2. The van der Waals surface area contributed by atoms with Gasteiger partial charge in [-0.2, -0.15) is 0 Å². The molecule has 1 saturated carbocycles. The van der Waals surface area contributed by atoms with Gasteiger partial charge in [-0.25, -0.2) is 0 Å². The average molecular weight is 411 g/mol. The van der Waals surface area contributed by atoms with Crippen LogP contribution in [-0.4, -0.2) is 47.4 Å². The number of amides is 1. The Bertz CT molecular complexity index is 946. The molecule has 2 aliphatic rings. The Morgan fingerprint density at radius 2 is 1.32 bits per heavy atom. The van der Waals surface area contributed by atoms with Gasteiger partial charge >= 0.3 is 0 Å². The van der Waals surface area contributed by atoms with Gasteiger partial charge in [-0.05, 0) is 36.0 Å². The van der Waals surface area contributed by atoms with Crippen LogP contribution >= 0.6 is 0 Å². The second-order valence-corrected chi connectivity index (χ2v) is 8.86. The van der Waals surface area contributed by atoms with Crippen molar-refractivity contribution in [3.05, 3.63) is 108 Å². The van der Waals surface area contributed by atoms with Crippen LogP contribution in [-0.2, 0) is 11.2 Å². The van der Waals surface area contributed by atoms with Crippen LogP contribution in [0, 0.1) is 0 Å². The number of carbonyl (C=O) groups is 1. The molecule has 1 atom stereocenters. The highest BCUT2D eigenvalue weighted by molar-refractivity contribution is 5.87. The highest BCUT2D eigenvalue weighted by Gasteiger charge is 2.39. The summed E-state index contributed by atoms with van der Waals surface area (Å²) in [6.07, 6.45) is 3.53.